The highest BCUT2D eigenvalue weighted by Gasteiger charge is 2.35. The summed E-state index contributed by atoms with van der Waals surface area (Å²) in [6, 6.07) is 0. The lowest BCUT2D eigenvalue weighted by atomic mass is 10.0. The van der Waals surface area contributed by atoms with Crippen molar-refractivity contribution in [3.05, 3.63) is 11.8 Å². The lowest BCUT2D eigenvalue weighted by molar-refractivity contribution is -0.131. The van der Waals surface area contributed by atoms with Gasteiger partial charge in [-0.25, -0.2) is 4.99 Å². The van der Waals surface area contributed by atoms with Gasteiger partial charge in [-0.3, -0.25) is 10.2 Å². The maximum absolute atomic E-state index is 12.0. The van der Waals surface area contributed by atoms with Crippen LogP contribution in [0.2, 0.25) is 0 Å². The van der Waals surface area contributed by atoms with Gasteiger partial charge in [0.15, 0.2) is 5.84 Å². The Balaban J connectivity index is 2.32. The van der Waals surface area contributed by atoms with Crippen molar-refractivity contribution in [2.75, 3.05) is 6.67 Å². The second-order valence-corrected chi connectivity index (χ2v) is 4.38. The van der Waals surface area contributed by atoms with Crippen LogP contribution in [0.4, 0.5) is 0 Å². The number of aliphatic imine (C=N–C) groups is 1. The van der Waals surface area contributed by atoms with E-state index < -0.39 is 0 Å². The second-order valence-electron chi connectivity index (χ2n) is 4.38. The third-order valence-corrected chi connectivity index (χ3v) is 2.32. The molecule has 0 aromatic rings. The summed E-state index contributed by atoms with van der Waals surface area (Å²) in [5.74, 6) is 0.676. The average molecular weight is 194 g/mol. The van der Waals surface area contributed by atoms with Crippen LogP contribution < -0.4 is 10.9 Å². The number of hydrogen-bond acceptors (Lipinski definition) is 4. The van der Waals surface area contributed by atoms with Crippen LogP contribution in [0, 0.1) is 0 Å². The molecule has 0 aliphatic carbocycles. The minimum atomic E-state index is -0.185. The Kier molecular flexibility index (Phi) is 1.77. The van der Waals surface area contributed by atoms with Crippen molar-refractivity contribution in [1.29, 1.82) is 0 Å². The number of carbonyl (C=O) groups is 1. The first-order valence-electron chi connectivity index (χ1n) is 4.58. The van der Waals surface area contributed by atoms with E-state index in [0.29, 0.717) is 18.1 Å². The van der Waals surface area contributed by atoms with Gasteiger partial charge in [0, 0.05) is 11.7 Å². The Morgan fingerprint density at radius 3 is 2.86 bits per heavy atom. The largest absolute Gasteiger partial charge is 0.314 e. The number of carbonyl (C=O) groups excluding carboxylic acids is 1. The standard InChI is InChI=1S/C9H14N4O/c1-9(2,3)13-5-10-7-6(8(13)14)4-11-12-7/h4H,5H2,1-3H3,(H2,10,11,12). The molecular formula is C9H14N4O. The molecule has 0 radical (unpaired) electrons. The number of amidine groups is 1. The molecule has 0 aromatic carbocycles. The monoisotopic (exact) mass is 194 g/mol. The van der Waals surface area contributed by atoms with E-state index in [1.54, 1.807) is 11.1 Å². The number of fused-ring (bicyclic) bond motifs is 1. The van der Waals surface area contributed by atoms with Crippen molar-refractivity contribution in [2.45, 2.75) is 26.3 Å². The number of nitrogens with zero attached hydrogens (tertiary/aromatic N) is 2. The molecule has 76 valence electrons. The number of hydrogen-bond donors (Lipinski definition) is 2. The Morgan fingerprint density at radius 2 is 2.21 bits per heavy atom. The van der Waals surface area contributed by atoms with Crippen LogP contribution in [0.3, 0.4) is 0 Å². The number of rotatable bonds is 0. The summed E-state index contributed by atoms with van der Waals surface area (Å²) < 4.78 is 0. The fourth-order valence-electron chi connectivity index (χ4n) is 1.47. The van der Waals surface area contributed by atoms with E-state index in [4.69, 9.17) is 0 Å². The Bertz CT molecular complexity index is 337. The quantitative estimate of drug-likeness (QED) is 0.569. The topological polar surface area (TPSA) is 56.7 Å². The lowest BCUT2D eigenvalue weighted by Crippen LogP contribution is -2.50. The zero-order chi connectivity index (χ0) is 10.3. The Hall–Kier alpha value is -1.52. The van der Waals surface area contributed by atoms with Crippen molar-refractivity contribution in [2.24, 2.45) is 4.99 Å². The molecule has 0 saturated carbocycles. The van der Waals surface area contributed by atoms with E-state index in [9.17, 15) is 4.79 Å². The summed E-state index contributed by atoms with van der Waals surface area (Å²) in [4.78, 5) is 18.0. The molecule has 0 atom stereocenters. The van der Waals surface area contributed by atoms with Gasteiger partial charge in [-0.05, 0) is 20.8 Å². The minimum Gasteiger partial charge on any atom is -0.314 e. The molecule has 0 spiro atoms. The van der Waals surface area contributed by atoms with Gasteiger partial charge in [-0.15, -0.1) is 0 Å². The molecule has 0 bridgehead atoms. The van der Waals surface area contributed by atoms with Crippen molar-refractivity contribution < 1.29 is 4.79 Å². The molecule has 14 heavy (non-hydrogen) atoms. The first kappa shape index (κ1) is 9.05. The third-order valence-electron chi connectivity index (χ3n) is 2.32. The van der Waals surface area contributed by atoms with E-state index in [0.717, 1.165) is 0 Å². The van der Waals surface area contributed by atoms with E-state index in [1.165, 1.54) is 0 Å². The maximum Gasteiger partial charge on any atom is 0.261 e. The highest BCUT2D eigenvalue weighted by molar-refractivity contribution is 6.22. The van der Waals surface area contributed by atoms with Gasteiger partial charge in [0.25, 0.3) is 5.91 Å². The normalized spacial score (nSPS) is 20.8. The molecule has 0 fully saturated rings. The molecule has 5 nitrogen and oxygen atoms in total. The van der Waals surface area contributed by atoms with Crippen molar-refractivity contribution in [3.63, 3.8) is 0 Å². The predicted molar refractivity (Wildman–Crippen MR) is 53.3 cm³/mol. The first-order valence-corrected chi connectivity index (χ1v) is 4.58. The van der Waals surface area contributed by atoms with E-state index in [2.05, 4.69) is 15.8 Å². The van der Waals surface area contributed by atoms with Gasteiger partial charge in [0.1, 0.15) is 12.2 Å². The number of nitrogens with one attached hydrogen (secondary N) is 2. The zero-order valence-electron chi connectivity index (χ0n) is 8.59. The summed E-state index contributed by atoms with van der Waals surface area (Å²) in [5, 5.41) is 0. The highest BCUT2D eigenvalue weighted by atomic mass is 16.2. The van der Waals surface area contributed by atoms with Crippen LogP contribution in [-0.4, -0.2) is 28.9 Å². The average Bonchev–Trinajstić information content (AvgIpc) is 2.50. The molecule has 0 saturated heterocycles. The van der Waals surface area contributed by atoms with Crippen LogP contribution >= 0.6 is 0 Å². The first-order chi connectivity index (χ1) is 6.50. The second kappa shape index (κ2) is 2.73. The van der Waals surface area contributed by atoms with Gasteiger partial charge in [0.2, 0.25) is 0 Å². The molecule has 2 aliphatic heterocycles. The molecule has 0 unspecified atom stereocenters. The zero-order valence-corrected chi connectivity index (χ0v) is 8.59. The smallest absolute Gasteiger partial charge is 0.261 e. The maximum atomic E-state index is 12.0. The SMILES string of the molecule is CC(C)(C)N1CN=C2NNC=C2C1=O. The summed E-state index contributed by atoms with van der Waals surface area (Å²) >= 11 is 0. The molecule has 2 N–H and O–H groups in total. The third kappa shape index (κ3) is 1.25. The highest BCUT2D eigenvalue weighted by Crippen LogP contribution is 2.20. The summed E-state index contributed by atoms with van der Waals surface area (Å²) in [6.45, 7) is 6.43. The van der Waals surface area contributed by atoms with Crippen molar-refractivity contribution in [3.8, 4) is 0 Å². The van der Waals surface area contributed by atoms with Gasteiger partial charge in [-0.2, -0.15) is 0 Å². The van der Waals surface area contributed by atoms with Crippen LogP contribution in [0.5, 0.6) is 0 Å². The van der Waals surface area contributed by atoms with E-state index in [1.807, 2.05) is 20.8 Å². The predicted octanol–water partition coefficient (Wildman–Crippen LogP) is -0.0252. The minimum absolute atomic E-state index is 0.0278. The summed E-state index contributed by atoms with van der Waals surface area (Å²) in [6.07, 6.45) is 1.65. The molecule has 0 aromatic heterocycles. The van der Waals surface area contributed by atoms with Gasteiger partial charge in [-0.1, -0.05) is 0 Å². The number of amides is 1. The van der Waals surface area contributed by atoms with Crippen LogP contribution in [0.1, 0.15) is 20.8 Å². The van der Waals surface area contributed by atoms with Crippen LogP contribution in [0.15, 0.2) is 16.8 Å². The molecular weight excluding hydrogens is 180 g/mol. The molecule has 5 heteroatoms. The van der Waals surface area contributed by atoms with Crippen molar-refractivity contribution >= 4 is 11.7 Å². The lowest BCUT2D eigenvalue weighted by Gasteiger charge is -2.36. The fourth-order valence-corrected chi connectivity index (χ4v) is 1.47. The molecule has 2 rings (SSSR count). The van der Waals surface area contributed by atoms with E-state index >= 15 is 0 Å². The molecule has 2 heterocycles. The fraction of sp³-hybridized carbons (Fsp3) is 0.556. The molecule has 2 aliphatic rings. The van der Waals surface area contributed by atoms with E-state index in [-0.39, 0.29) is 11.4 Å². The number of hydrazine groups is 1. The van der Waals surface area contributed by atoms with Crippen molar-refractivity contribution in [1.82, 2.24) is 15.8 Å². The summed E-state index contributed by atoms with van der Waals surface area (Å²) in [5.41, 5.74) is 6.03. The van der Waals surface area contributed by atoms with Crippen LogP contribution in [0.25, 0.3) is 0 Å². The van der Waals surface area contributed by atoms with Gasteiger partial charge in [0.05, 0.1) is 0 Å². The summed E-state index contributed by atoms with van der Waals surface area (Å²) in [7, 11) is 0. The Morgan fingerprint density at radius 1 is 1.50 bits per heavy atom. The van der Waals surface area contributed by atoms with Gasteiger partial charge >= 0.3 is 0 Å². The van der Waals surface area contributed by atoms with Gasteiger partial charge < -0.3 is 10.3 Å². The molecule has 1 amide bonds. The Labute approximate surface area is 82.8 Å². The van der Waals surface area contributed by atoms with Crippen LogP contribution in [-0.2, 0) is 4.79 Å².